The Morgan fingerprint density at radius 1 is 0.762 bits per heavy atom. The number of nitriles is 1. The molecule has 0 amide bonds. The summed E-state index contributed by atoms with van der Waals surface area (Å²) in [5, 5.41) is 8.41. The van der Waals surface area contributed by atoms with Crippen molar-refractivity contribution < 1.29 is 22.4 Å². The molecule has 4 rings (SSSR count). The Morgan fingerprint density at radius 2 is 1.14 bits per heavy atom. The van der Waals surface area contributed by atoms with Crippen LogP contribution in [-0.4, -0.2) is 15.4 Å². The van der Waals surface area contributed by atoms with Gasteiger partial charge in [0.1, 0.15) is 33.3 Å². The van der Waals surface area contributed by atoms with Crippen LogP contribution >= 0.6 is 23.2 Å². The van der Waals surface area contributed by atoms with Gasteiger partial charge in [0.25, 0.3) is 11.1 Å². The Bertz CT molecular complexity index is 1820. The van der Waals surface area contributed by atoms with Gasteiger partial charge in [-0.2, -0.15) is 5.26 Å². The smallest absolute Gasteiger partial charge is 0.269 e. The molecule has 6 nitrogen and oxygen atoms in total. The number of nitrogens with zero attached hydrogens (tertiary/aromatic N) is 3. The van der Waals surface area contributed by atoms with Gasteiger partial charge >= 0.3 is 0 Å². The van der Waals surface area contributed by atoms with Crippen LogP contribution < -0.4 is 11.1 Å². The van der Waals surface area contributed by atoms with Gasteiger partial charge in [-0.25, -0.2) is 17.6 Å². The van der Waals surface area contributed by atoms with Crippen molar-refractivity contribution in [3.8, 4) is 28.6 Å². The third-order valence-electron chi connectivity index (χ3n) is 6.05. The Kier molecular flexibility index (Phi) is 10.6. The van der Waals surface area contributed by atoms with Gasteiger partial charge in [0, 0.05) is 30.3 Å². The first-order valence-electron chi connectivity index (χ1n) is 12.3. The highest BCUT2D eigenvalue weighted by Crippen LogP contribution is 2.31. The highest BCUT2D eigenvalue weighted by Gasteiger charge is 2.21. The second-order valence-corrected chi connectivity index (χ2v) is 9.28. The predicted molar refractivity (Wildman–Crippen MR) is 154 cm³/mol. The van der Waals surface area contributed by atoms with Gasteiger partial charge in [0.15, 0.2) is 6.29 Å². The fourth-order valence-corrected chi connectivity index (χ4v) is 4.70. The lowest BCUT2D eigenvalue weighted by molar-refractivity contribution is 0.112. The monoisotopic (exact) mass is 617 g/mol. The van der Waals surface area contributed by atoms with E-state index in [0.29, 0.717) is 6.29 Å². The van der Waals surface area contributed by atoms with Gasteiger partial charge in [-0.05, 0) is 56.3 Å². The second-order valence-electron chi connectivity index (χ2n) is 8.46. The van der Waals surface area contributed by atoms with Crippen LogP contribution in [0, 0.1) is 34.6 Å². The van der Waals surface area contributed by atoms with Crippen molar-refractivity contribution in [2.24, 2.45) is 0 Å². The van der Waals surface area contributed by atoms with Gasteiger partial charge in [0.05, 0.1) is 28.6 Å². The van der Waals surface area contributed by atoms with E-state index in [9.17, 15) is 31.9 Å². The van der Waals surface area contributed by atoms with Crippen molar-refractivity contribution in [1.29, 1.82) is 5.26 Å². The topological polar surface area (TPSA) is 84.9 Å². The highest BCUT2D eigenvalue weighted by molar-refractivity contribution is 6.31. The Hall–Kier alpha value is -4.46. The number of hydrogen-bond donors (Lipinski definition) is 0. The molecule has 0 aliphatic carbocycles. The molecule has 2 heterocycles. The van der Waals surface area contributed by atoms with Crippen LogP contribution in [0.15, 0.2) is 64.2 Å². The van der Waals surface area contributed by atoms with E-state index in [-0.39, 0.29) is 51.2 Å². The summed E-state index contributed by atoms with van der Waals surface area (Å²) in [6, 6.07) is 11.0. The summed E-state index contributed by atoms with van der Waals surface area (Å²) in [6.07, 6.45) is 2.93. The molecule has 0 aliphatic heterocycles. The lowest BCUT2D eigenvalue weighted by Crippen LogP contribution is -2.23. The molecule has 0 unspecified atom stereocenters. The average molecular weight is 618 g/mol. The minimum atomic E-state index is -0.850. The molecule has 2 aromatic heterocycles. The molecule has 0 fully saturated rings. The maximum absolute atomic E-state index is 14.1. The van der Waals surface area contributed by atoms with Crippen molar-refractivity contribution in [2.75, 3.05) is 0 Å². The van der Waals surface area contributed by atoms with E-state index in [4.69, 9.17) is 28.5 Å². The highest BCUT2D eigenvalue weighted by atomic mass is 35.5. The third-order valence-corrected chi connectivity index (χ3v) is 6.59. The first kappa shape index (κ1) is 32.1. The number of aromatic nitrogens is 2. The average Bonchev–Trinajstić information content (AvgIpc) is 2.96. The number of halogens is 6. The Balaban J connectivity index is 0.000000231. The molecule has 2 aromatic carbocycles. The summed E-state index contributed by atoms with van der Waals surface area (Å²) in [7, 11) is 0. The van der Waals surface area contributed by atoms with E-state index in [0.717, 1.165) is 41.0 Å². The van der Waals surface area contributed by atoms with Crippen LogP contribution in [0.1, 0.15) is 29.8 Å². The van der Waals surface area contributed by atoms with E-state index in [1.54, 1.807) is 19.9 Å². The molecule has 0 N–H and O–H groups in total. The number of aldehydes is 1. The quantitative estimate of drug-likeness (QED) is 0.129. The van der Waals surface area contributed by atoms with Crippen molar-refractivity contribution >= 4 is 35.6 Å². The van der Waals surface area contributed by atoms with Crippen LogP contribution in [0.3, 0.4) is 0 Å². The molecule has 0 aliphatic rings. The van der Waals surface area contributed by atoms with E-state index < -0.39 is 40.0 Å². The summed E-state index contributed by atoms with van der Waals surface area (Å²) in [4.78, 5) is 35.2. The maximum atomic E-state index is 14.1. The molecule has 0 saturated heterocycles. The summed E-state index contributed by atoms with van der Waals surface area (Å²) in [5.41, 5.74) is -1.68. The molecule has 216 valence electrons. The van der Waals surface area contributed by atoms with E-state index in [1.165, 1.54) is 28.8 Å². The van der Waals surface area contributed by atoms with E-state index in [2.05, 4.69) is 0 Å². The van der Waals surface area contributed by atoms with Gasteiger partial charge in [-0.3, -0.25) is 14.4 Å². The standard InChI is InChI=1S/C16H11ClF2N2O.C14H10ClF2NO2/c1-2-21-15(14-12(18)6-3-7-13(14)19)10(5-4-8-20)9-11(17)16(21)22;1-2-18-13(8(7-19)6-9(15)14(18)20)12-10(16)4-3-5-11(12)17/h3-7,9H,2H2,1H3;3-7H,2H2,1H3/b5-4+;. The number of hydrogen-bond acceptors (Lipinski definition) is 4. The number of benzene rings is 2. The largest absolute Gasteiger partial charge is 0.306 e. The van der Waals surface area contributed by atoms with Crippen LogP contribution in [0.2, 0.25) is 10.0 Å². The lowest BCUT2D eigenvalue weighted by atomic mass is 10.0. The molecule has 0 radical (unpaired) electrons. The summed E-state index contributed by atoms with van der Waals surface area (Å²) in [6.45, 7) is 3.59. The fourth-order valence-electron chi connectivity index (χ4n) is 4.26. The zero-order valence-electron chi connectivity index (χ0n) is 22.1. The minimum Gasteiger partial charge on any atom is -0.306 e. The van der Waals surface area contributed by atoms with Crippen LogP contribution in [0.4, 0.5) is 17.6 Å². The van der Waals surface area contributed by atoms with Crippen molar-refractivity contribution in [3.05, 3.63) is 120 Å². The van der Waals surface area contributed by atoms with Gasteiger partial charge in [0.2, 0.25) is 0 Å². The van der Waals surface area contributed by atoms with Crippen LogP contribution in [-0.2, 0) is 13.1 Å². The number of pyridine rings is 2. The van der Waals surface area contributed by atoms with Gasteiger partial charge < -0.3 is 9.13 Å². The minimum absolute atomic E-state index is 0.0412. The molecule has 12 heteroatoms. The Labute approximate surface area is 247 Å². The predicted octanol–water partition coefficient (Wildman–Crippen LogP) is 7.28. The second kappa shape index (κ2) is 13.9. The normalized spacial score (nSPS) is 10.7. The maximum Gasteiger partial charge on any atom is 0.269 e. The molecular formula is C30H21Cl2F4N3O3. The van der Waals surface area contributed by atoms with Crippen molar-refractivity contribution in [1.82, 2.24) is 9.13 Å². The third kappa shape index (κ3) is 6.38. The number of rotatable bonds is 6. The van der Waals surface area contributed by atoms with Gasteiger partial charge in [-0.15, -0.1) is 0 Å². The first-order valence-corrected chi connectivity index (χ1v) is 13.0. The SMILES string of the molecule is CCn1c(-c2c(F)cccc2F)c(/C=C/C#N)cc(Cl)c1=O.CCn1c(-c2c(F)cccc2F)c(C=O)cc(Cl)c1=O. The molecule has 4 aromatic rings. The van der Waals surface area contributed by atoms with Crippen molar-refractivity contribution in [3.63, 3.8) is 0 Å². The number of allylic oxidation sites excluding steroid dienone is 1. The van der Waals surface area contributed by atoms with Crippen LogP contribution in [0.25, 0.3) is 28.6 Å². The van der Waals surface area contributed by atoms with Crippen LogP contribution in [0.5, 0.6) is 0 Å². The summed E-state index contributed by atoms with van der Waals surface area (Å²) in [5.74, 6) is -3.29. The summed E-state index contributed by atoms with van der Waals surface area (Å²) >= 11 is 11.6. The molecule has 0 spiro atoms. The molecule has 0 saturated carbocycles. The lowest BCUT2D eigenvalue weighted by Gasteiger charge is -2.16. The fraction of sp³-hybridized carbons (Fsp3) is 0.133. The van der Waals surface area contributed by atoms with E-state index >= 15 is 0 Å². The number of carbonyl (C=O) groups is 1. The zero-order valence-corrected chi connectivity index (χ0v) is 23.6. The molecule has 0 atom stereocenters. The summed E-state index contributed by atoms with van der Waals surface area (Å²) < 4.78 is 58.3. The molecule has 0 bridgehead atoms. The molecule has 42 heavy (non-hydrogen) atoms. The van der Waals surface area contributed by atoms with Gasteiger partial charge in [-0.1, -0.05) is 35.3 Å². The van der Waals surface area contributed by atoms with Crippen molar-refractivity contribution in [2.45, 2.75) is 26.9 Å². The zero-order chi connectivity index (χ0) is 31.1. The first-order chi connectivity index (χ1) is 20.0. The Morgan fingerprint density at radius 3 is 1.50 bits per heavy atom. The number of carbonyl (C=O) groups excluding carboxylic acids is 1. The van der Waals surface area contributed by atoms with E-state index in [1.807, 2.05) is 0 Å². The molecular weight excluding hydrogens is 597 g/mol.